The highest BCUT2D eigenvalue weighted by Crippen LogP contribution is 2.30. The number of nitrogens with zero attached hydrogens (tertiary/aromatic N) is 3. The van der Waals surface area contributed by atoms with E-state index in [-0.39, 0.29) is 0 Å². The molecule has 0 saturated heterocycles. The average Bonchev–Trinajstić information content (AvgIpc) is 2.76. The number of benzene rings is 1. The van der Waals surface area contributed by atoms with Crippen LogP contribution in [0.1, 0.15) is 18.2 Å². The number of rotatable bonds is 5. The van der Waals surface area contributed by atoms with Crippen molar-refractivity contribution < 1.29 is 9.47 Å². The maximum atomic E-state index is 5.74. The second-order valence-electron chi connectivity index (χ2n) is 4.14. The van der Waals surface area contributed by atoms with Gasteiger partial charge in [-0.2, -0.15) is 5.10 Å². The van der Waals surface area contributed by atoms with Gasteiger partial charge in [-0.1, -0.05) is 6.07 Å². The fourth-order valence-corrected chi connectivity index (χ4v) is 1.81. The lowest BCUT2D eigenvalue weighted by Crippen LogP contribution is -2.01. The molecular formula is C14H18N4O2. The Morgan fingerprint density at radius 3 is 2.85 bits per heavy atom. The molecule has 6 heteroatoms. The third kappa shape index (κ3) is 2.90. The van der Waals surface area contributed by atoms with Crippen molar-refractivity contribution in [2.75, 3.05) is 19.5 Å². The van der Waals surface area contributed by atoms with Crippen LogP contribution in [-0.2, 0) is 0 Å². The van der Waals surface area contributed by atoms with Crippen LogP contribution in [0.25, 0.3) is 0 Å². The van der Waals surface area contributed by atoms with E-state index in [1.54, 1.807) is 19.5 Å². The highest BCUT2D eigenvalue weighted by molar-refractivity contribution is 5.85. The molecule has 0 saturated carbocycles. The lowest BCUT2D eigenvalue weighted by molar-refractivity contribution is 0.310. The third-order valence-electron chi connectivity index (χ3n) is 2.67. The van der Waals surface area contributed by atoms with Crippen molar-refractivity contribution in [3.8, 4) is 11.5 Å². The minimum Gasteiger partial charge on any atom is -0.493 e. The van der Waals surface area contributed by atoms with Gasteiger partial charge in [-0.3, -0.25) is 0 Å². The number of hydrogen-bond donors (Lipinski definition) is 1. The van der Waals surface area contributed by atoms with Crippen molar-refractivity contribution in [1.29, 1.82) is 0 Å². The Bertz CT molecular complexity index is 620. The summed E-state index contributed by atoms with van der Waals surface area (Å²) >= 11 is 0. The monoisotopic (exact) mass is 274 g/mol. The minimum absolute atomic E-state index is 0.347. The van der Waals surface area contributed by atoms with Crippen LogP contribution < -0.4 is 15.2 Å². The maximum Gasteiger partial charge on any atom is 0.221 e. The Morgan fingerprint density at radius 1 is 1.45 bits per heavy atom. The lowest BCUT2D eigenvalue weighted by atomic mass is 10.2. The predicted molar refractivity (Wildman–Crippen MR) is 78.5 cm³/mol. The second kappa shape index (κ2) is 6.10. The van der Waals surface area contributed by atoms with E-state index in [1.807, 2.05) is 32.0 Å². The Kier molecular flexibility index (Phi) is 4.24. The summed E-state index contributed by atoms with van der Waals surface area (Å²) in [5, 5.41) is 4.28. The van der Waals surface area contributed by atoms with E-state index in [2.05, 4.69) is 10.1 Å². The van der Waals surface area contributed by atoms with Crippen molar-refractivity contribution in [3.05, 3.63) is 35.7 Å². The quantitative estimate of drug-likeness (QED) is 0.847. The molecule has 0 aliphatic heterocycles. The minimum atomic E-state index is 0.347. The van der Waals surface area contributed by atoms with E-state index in [0.717, 1.165) is 11.3 Å². The molecule has 0 amide bonds. The van der Waals surface area contributed by atoms with Crippen LogP contribution in [0.3, 0.4) is 0 Å². The van der Waals surface area contributed by atoms with Crippen LogP contribution in [0.5, 0.6) is 11.5 Å². The molecule has 0 bridgehead atoms. The molecule has 1 heterocycles. The fourth-order valence-electron chi connectivity index (χ4n) is 1.81. The Hall–Kier alpha value is -2.50. The van der Waals surface area contributed by atoms with Crippen LogP contribution in [0.2, 0.25) is 0 Å². The number of nitrogens with two attached hydrogens (primary N) is 1. The molecule has 0 atom stereocenters. The highest BCUT2D eigenvalue weighted by atomic mass is 16.5. The van der Waals surface area contributed by atoms with E-state index < -0.39 is 0 Å². The number of imidazole rings is 1. The topological polar surface area (TPSA) is 74.7 Å². The number of para-hydroxylation sites is 1. The fraction of sp³-hybridized carbons (Fsp3) is 0.286. The molecular weight excluding hydrogens is 256 g/mol. The van der Waals surface area contributed by atoms with Gasteiger partial charge in [0.25, 0.3) is 0 Å². The zero-order valence-corrected chi connectivity index (χ0v) is 11.8. The molecule has 1 aromatic heterocycles. The van der Waals surface area contributed by atoms with E-state index in [0.29, 0.717) is 24.1 Å². The number of hydrogen-bond acceptors (Lipinski definition) is 5. The average molecular weight is 274 g/mol. The molecule has 2 rings (SSSR count). The molecule has 2 N–H and O–H groups in total. The van der Waals surface area contributed by atoms with Crippen LogP contribution >= 0.6 is 0 Å². The summed E-state index contributed by atoms with van der Waals surface area (Å²) in [4.78, 5) is 4.09. The summed E-state index contributed by atoms with van der Waals surface area (Å²) in [5.41, 5.74) is 7.37. The predicted octanol–water partition coefficient (Wildman–Crippen LogP) is 2.06. The van der Waals surface area contributed by atoms with Crippen LogP contribution in [-0.4, -0.2) is 29.6 Å². The van der Waals surface area contributed by atoms with Crippen molar-refractivity contribution in [2.24, 2.45) is 5.10 Å². The van der Waals surface area contributed by atoms with Crippen LogP contribution in [0.4, 0.5) is 5.95 Å². The highest BCUT2D eigenvalue weighted by Gasteiger charge is 2.08. The summed E-state index contributed by atoms with van der Waals surface area (Å²) in [6, 6.07) is 5.63. The van der Waals surface area contributed by atoms with Gasteiger partial charge in [-0.25, -0.2) is 9.66 Å². The Morgan fingerprint density at radius 2 is 2.25 bits per heavy atom. The molecule has 6 nitrogen and oxygen atoms in total. The number of aryl methyl sites for hydroxylation is 1. The Labute approximate surface area is 117 Å². The van der Waals surface area contributed by atoms with Gasteiger partial charge in [0.05, 0.1) is 31.8 Å². The molecule has 0 aliphatic carbocycles. The van der Waals surface area contributed by atoms with E-state index in [1.165, 1.54) is 4.68 Å². The van der Waals surface area contributed by atoms with Crippen LogP contribution in [0.15, 0.2) is 29.5 Å². The first kappa shape index (κ1) is 13.9. The second-order valence-corrected chi connectivity index (χ2v) is 4.14. The summed E-state index contributed by atoms with van der Waals surface area (Å²) in [6.45, 7) is 4.33. The number of ether oxygens (including phenoxy) is 2. The summed E-state index contributed by atoms with van der Waals surface area (Å²) < 4.78 is 12.4. The van der Waals surface area contributed by atoms with Crippen molar-refractivity contribution in [3.63, 3.8) is 0 Å². The summed E-state index contributed by atoms with van der Waals surface area (Å²) in [6.07, 6.45) is 3.43. The lowest BCUT2D eigenvalue weighted by Gasteiger charge is -2.11. The first-order chi connectivity index (χ1) is 9.65. The molecule has 1 aromatic carbocycles. The van der Waals surface area contributed by atoms with Gasteiger partial charge in [0.1, 0.15) is 0 Å². The van der Waals surface area contributed by atoms with Crippen molar-refractivity contribution in [2.45, 2.75) is 13.8 Å². The zero-order valence-electron chi connectivity index (χ0n) is 11.8. The SMILES string of the molecule is CCOc1c(C=Nn2cc(C)nc2N)cccc1OC. The van der Waals surface area contributed by atoms with E-state index in [4.69, 9.17) is 15.2 Å². The molecule has 2 aromatic rings. The van der Waals surface area contributed by atoms with Gasteiger partial charge in [-0.05, 0) is 26.0 Å². The zero-order chi connectivity index (χ0) is 14.5. The van der Waals surface area contributed by atoms with Gasteiger partial charge < -0.3 is 15.2 Å². The van der Waals surface area contributed by atoms with Crippen molar-refractivity contribution >= 4 is 12.2 Å². The standard InChI is InChI=1S/C14H18N4O2/c1-4-20-13-11(6-5-7-12(13)19-3)8-16-18-9-10(2)17-14(18)15/h5-9H,4H2,1-3H3,(H2,15,17). The molecule has 106 valence electrons. The molecule has 0 unspecified atom stereocenters. The maximum absolute atomic E-state index is 5.74. The largest absolute Gasteiger partial charge is 0.493 e. The van der Waals surface area contributed by atoms with Gasteiger partial charge in [0.15, 0.2) is 11.5 Å². The van der Waals surface area contributed by atoms with Gasteiger partial charge >= 0.3 is 0 Å². The smallest absolute Gasteiger partial charge is 0.221 e. The molecule has 0 spiro atoms. The number of methoxy groups -OCH3 is 1. The van der Waals surface area contributed by atoms with Gasteiger partial charge in [0.2, 0.25) is 5.95 Å². The van der Waals surface area contributed by atoms with E-state index in [9.17, 15) is 0 Å². The van der Waals surface area contributed by atoms with Crippen LogP contribution in [0, 0.1) is 6.92 Å². The molecule has 0 aliphatic rings. The first-order valence-corrected chi connectivity index (χ1v) is 6.31. The van der Waals surface area contributed by atoms with Gasteiger partial charge in [0, 0.05) is 5.56 Å². The molecule has 0 radical (unpaired) electrons. The normalized spacial score (nSPS) is 10.9. The first-order valence-electron chi connectivity index (χ1n) is 6.31. The summed E-state index contributed by atoms with van der Waals surface area (Å²) in [7, 11) is 1.61. The van der Waals surface area contributed by atoms with E-state index >= 15 is 0 Å². The summed E-state index contributed by atoms with van der Waals surface area (Å²) in [5.74, 6) is 1.68. The van der Waals surface area contributed by atoms with Crippen molar-refractivity contribution in [1.82, 2.24) is 9.66 Å². The molecule has 0 fully saturated rings. The number of nitrogen functional groups attached to an aromatic ring is 1. The number of aromatic nitrogens is 2. The van der Waals surface area contributed by atoms with Gasteiger partial charge in [-0.15, -0.1) is 0 Å². The molecule has 20 heavy (non-hydrogen) atoms. The Balaban J connectivity index is 2.35. The third-order valence-corrected chi connectivity index (χ3v) is 2.67. The number of anilines is 1.